The Balaban J connectivity index is 1.90. The summed E-state index contributed by atoms with van der Waals surface area (Å²) >= 11 is 5.76. The number of nitrogens with zero attached hydrogens (tertiary/aromatic N) is 1. The van der Waals surface area contributed by atoms with Gasteiger partial charge in [-0.15, -0.1) is 0 Å². The first-order valence-corrected chi connectivity index (χ1v) is 7.80. The van der Waals surface area contributed by atoms with Gasteiger partial charge in [-0.2, -0.15) is 18.3 Å². The van der Waals surface area contributed by atoms with Crippen LogP contribution in [0.3, 0.4) is 0 Å². The topological polar surface area (TPSA) is 90.8 Å². The lowest BCUT2D eigenvalue weighted by Gasteiger charge is -2.09. The molecule has 3 N–H and O–H groups in total. The third-order valence-corrected chi connectivity index (χ3v) is 3.41. The Morgan fingerprint density at radius 3 is 2.59 bits per heavy atom. The first kappa shape index (κ1) is 20.2. The lowest BCUT2D eigenvalue weighted by molar-refractivity contribution is -0.137. The maximum absolute atomic E-state index is 12.6. The monoisotopic (exact) mass is 399 g/mol. The average Bonchev–Trinajstić information content (AvgIpc) is 2.57. The van der Waals surface area contributed by atoms with Gasteiger partial charge >= 0.3 is 6.18 Å². The van der Waals surface area contributed by atoms with Crippen molar-refractivity contribution in [1.82, 2.24) is 5.43 Å². The summed E-state index contributed by atoms with van der Waals surface area (Å²) in [4.78, 5) is 23.4. The van der Waals surface area contributed by atoms with Crippen molar-refractivity contribution < 1.29 is 27.9 Å². The van der Waals surface area contributed by atoms with Crippen LogP contribution in [0.2, 0.25) is 5.02 Å². The summed E-state index contributed by atoms with van der Waals surface area (Å²) in [7, 11) is 0. The molecule has 0 aliphatic heterocycles. The fourth-order valence-electron chi connectivity index (χ4n) is 1.97. The Bertz CT molecular complexity index is 885. The van der Waals surface area contributed by atoms with Gasteiger partial charge in [-0.1, -0.05) is 17.7 Å². The van der Waals surface area contributed by atoms with Gasteiger partial charge in [0.15, 0.2) is 0 Å². The fourth-order valence-corrected chi connectivity index (χ4v) is 2.15. The number of rotatable bonds is 5. The lowest BCUT2D eigenvalue weighted by atomic mass is 10.2. The van der Waals surface area contributed by atoms with Crippen LogP contribution in [-0.4, -0.2) is 23.1 Å². The van der Waals surface area contributed by atoms with Gasteiger partial charge in [-0.05, 0) is 36.4 Å². The van der Waals surface area contributed by atoms with Crippen molar-refractivity contribution in [3.05, 3.63) is 58.6 Å². The van der Waals surface area contributed by atoms with E-state index in [1.807, 2.05) is 0 Å². The van der Waals surface area contributed by atoms with E-state index >= 15 is 0 Å². The number of halogens is 4. The molecule has 0 heterocycles. The van der Waals surface area contributed by atoms with Gasteiger partial charge < -0.3 is 10.4 Å². The van der Waals surface area contributed by atoms with E-state index in [0.29, 0.717) is 5.02 Å². The molecule has 0 atom stereocenters. The molecule has 2 amide bonds. The number of amides is 2. The molecule has 0 aromatic heterocycles. The number of hydrogen-bond donors (Lipinski definition) is 3. The number of anilines is 1. The molecule has 0 saturated heterocycles. The van der Waals surface area contributed by atoms with Crippen LogP contribution in [-0.2, 0) is 15.8 Å². The number of hydrazone groups is 1. The minimum Gasteiger partial charge on any atom is -0.507 e. The molecule has 0 aliphatic rings. The third-order valence-electron chi connectivity index (χ3n) is 3.18. The van der Waals surface area contributed by atoms with Gasteiger partial charge in [-0.3, -0.25) is 9.59 Å². The number of carbonyl (C=O) groups is 2. The maximum atomic E-state index is 12.6. The summed E-state index contributed by atoms with van der Waals surface area (Å²) in [5, 5.41) is 15.7. The summed E-state index contributed by atoms with van der Waals surface area (Å²) in [6.45, 7) is 0. The quantitative estimate of drug-likeness (QED) is 0.408. The van der Waals surface area contributed by atoms with Crippen molar-refractivity contribution in [3.63, 3.8) is 0 Å². The number of carbonyl (C=O) groups excluding carboxylic acids is 2. The molecule has 27 heavy (non-hydrogen) atoms. The highest BCUT2D eigenvalue weighted by atomic mass is 35.5. The number of benzene rings is 2. The van der Waals surface area contributed by atoms with E-state index in [9.17, 15) is 27.9 Å². The highest BCUT2D eigenvalue weighted by Gasteiger charge is 2.30. The Kier molecular flexibility index (Phi) is 6.40. The zero-order chi connectivity index (χ0) is 20.0. The second-order valence-electron chi connectivity index (χ2n) is 5.30. The molecule has 2 aromatic carbocycles. The van der Waals surface area contributed by atoms with E-state index in [1.54, 1.807) is 0 Å². The first-order chi connectivity index (χ1) is 12.6. The van der Waals surface area contributed by atoms with E-state index in [2.05, 4.69) is 15.8 Å². The van der Waals surface area contributed by atoms with E-state index < -0.39 is 30.0 Å². The SMILES string of the molecule is O=C(CC(=O)Nc1cccc(C(F)(F)F)c1)N/N=C/c1cc(Cl)ccc1O. The van der Waals surface area contributed by atoms with Crippen molar-refractivity contribution in [2.45, 2.75) is 12.6 Å². The third kappa shape index (κ3) is 6.30. The molecule has 2 aromatic rings. The van der Waals surface area contributed by atoms with E-state index in [-0.39, 0.29) is 17.0 Å². The zero-order valence-electron chi connectivity index (χ0n) is 13.5. The maximum Gasteiger partial charge on any atom is 0.416 e. The number of phenolic OH excluding ortho intramolecular Hbond substituents is 1. The number of nitrogens with one attached hydrogen (secondary N) is 2. The zero-order valence-corrected chi connectivity index (χ0v) is 14.3. The highest BCUT2D eigenvalue weighted by Crippen LogP contribution is 2.30. The standard InChI is InChI=1S/C17H13ClF3N3O3/c18-12-4-5-14(25)10(6-12)9-22-24-16(27)8-15(26)23-13-3-1-2-11(7-13)17(19,20)21/h1-7,9,25H,8H2,(H,23,26)(H,24,27)/b22-9+. The van der Waals surface area contributed by atoms with Crippen LogP contribution in [0.1, 0.15) is 17.5 Å². The van der Waals surface area contributed by atoms with E-state index in [4.69, 9.17) is 11.6 Å². The molecule has 6 nitrogen and oxygen atoms in total. The van der Waals surface area contributed by atoms with Gasteiger partial charge in [0.25, 0.3) is 0 Å². The van der Waals surface area contributed by atoms with Crippen molar-refractivity contribution in [2.24, 2.45) is 5.10 Å². The number of aromatic hydroxyl groups is 1. The Hall–Kier alpha value is -3.07. The average molecular weight is 400 g/mol. The summed E-state index contributed by atoms with van der Waals surface area (Å²) in [6, 6.07) is 8.25. The van der Waals surface area contributed by atoms with Gasteiger partial charge in [0, 0.05) is 16.3 Å². The number of phenols is 1. The lowest BCUT2D eigenvalue weighted by Crippen LogP contribution is -2.24. The predicted molar refractivity (Wildman–Crippen MR) is 93.5 cm³/mol. The van der Waals surface area contributed by atoms with Crippen LogP contribution in [0, 0.1) is 0 Å². The minimum absolute atomic E-state index is 0.0880. The van der Waals surface area contributed by atoms with Gasteiger partial charge in [0.2, 0.25) is 11.8 Å². The smallest absolute Gasteiger partial charge is 0.416 e. The Morgan fingerprint density at radius 2 is 1.89 bits per heavy atom. The molecule has 0 radical (unpaired) electrons. The Morgan fingerprint density at radius 1 is 1.15 bits per heavy atom. The molecule has 142 valence electrons. The largest absolute Gasteiger partial charge is 0.507 e. The summed E-state index contributed by atoms with van der Waals surface area (Å²) < 4.78 is 37.9. The van der Waals surface area contributed by atoms with Crippen LogP contribution in [0.5, 0.6) is 5.75 Å². The molecule has 2 rings (SSSR count). The summed E-state index contributed by atoms with van der Waals surface area (Å²) in [5.41, 5.74) is 1.30. The fraction of sp³-hybridized carbons (Fsp3) is 0.118. The van der Waals surface area contributed by atoms with Crippen LogP contribution >= 0.6 is 11.6 Å². The number of alkyl halides is 3. The van der Waals surface area contributed by atoms with Gasteiger partial charge in [0.1, 0.15) is 12.2 Å². The van der Waals surface area contributed by atoms with E-state index in [0.717, 1.165) is 24.4 Å². The second kappa shape index (κ2) is 8.54. The molecule has 0 aliphatic carbocycles. The Labute approximate surface area is 156 Å². The van der Waals surface area contributed by atoms with Gasteiger partial charge in [-0.25, -0.2) is 5.43 Å². The highest BCUT2D eigenvalue weighted by molar-refractivity contribution is 6.30. The summed E-state index contributed by atoms with van der Waals surface area (Å²) in [5.74, 6) is -1.72. The van der Waals surface area contributed by atoms with Crippen molar-refractivity contribution in [1.29, 1.82) is 0 Å². The van der Waals surface area contributed by atoms with Crippen LogP contribution < -0.4 is 10.7 Å². The normalized spacial score (nSPS) is 11.4. The van der Waals surface area contributed by atoms with Crippen molar-refractivity contribution in [2.75, 3.05) is 5.32 Å². The summed E-state index contributed by atoms with van der Waals surface area (Å²) in [6.07, 6.45) is -4.07. The van der Waals surface area contributed by atoms with Gasteiger partial charge in [0.05, 0.1) is 11.8 Å². The molecule has 0 spiro atoms. The molecule has 0 unspecified atom stereocenters. The molecule has 0 fully saturated rings. The first-order valence-electron chi connectivity index (χ1n) is 7.42. The second-order valence-corrected chi connectivity index (χ2v) is 5.74. The molecule has 0 bridgehead atoms. The molecular weight excluding hydrogens is 387 g/mol. The molecule has 0 saturated carbocycles. The van der Waals surface area contributed by atoms with Crippen LogP contribution in [0.25, 0.3) is 0 Å². The van der Waals surface area contributed by atoms with Crippen LogP contribution in [0.15, 0.2) is 47.6 Å². The van der Waals surface area contributed by atoms with E-state index in [1.165, 1.54) is 24.3 Å². The predicted octanol–water partition coefficient (Wildman–Crippen LogP) is 3.54. The minimum atomic E-state index is -4.54. The van der Waals surface area contributed by atoms with Crippen molar-refractivity contribution in [3.8, 4) is 5.75 Å². The number of hydrogen-bond acceptors (Lipinski definition) is 4. The van der Waals surface area contributed by atoms with Crippen LogP contribution in [0.4, 0.5) is 18.9 Å². The molecular formula is C17H13ClF3N3O3. The van der Waals surface area contributed by atoms with Crippen molar-refractivity contribution >= 4 is 35.3 Å². The molecule has 10 heteroatoms.